The predicted octanol–water partition coefficient (Wildman–Crippen LogP) is 0.623. The number of hydrogen-bond acceptors (Lipinski definition) is 3. The largest absolute Gasteiger partial charge is 0.392 e. The number of imidazole rings is 1. The Kier molecular flexibility index (Phi) is 3.07. The van der Waals surface area contributed by atoms with Crippen molar-refractivity contribution in [2.45, 2.75) is 26.0 Å². The minimum Gasteiger partial charge on any atom is -0.392 e. The van der Waals surface area contributed by atoms with E-state index in [0.717, 1.165) is 31.9 Å². The number of nitrogens with zero attached hydrogens (tertiary/aromatic N) is 3. The van der Waals surface area contributed by atoms with Gasteiger partial charge in [0.2, 0.25) is 0 Å². The summed E-state index contributed by atoms with van der Waals surface area (Å²) in [7, 11) is 2.01. The van der Waals surface area contributed by atoms with Gasteiger partial charge in [0.25, 0.3) is 0 Å². The maximum atomic E-state index is 9.78. The van der Waals surface area contributed by atoms with Crippen molar-refractivity contribution in [1.29, 1.82) is 0 Å². The smallest absolute Gasteiger partial charge is 0.122 e. The summed E-state index contributed by atoms with van der Waals surface area (Å²) in [6.45, 7) is 4.79. The van der Waals surface area contributed by atoms with E-state index >= 15 is 0 Å². The Morgan fingerprint density at radius 2 is 2.40 bits per heavy atom. The molecule has 0 saturated carbocycles. The highest BCUT2D eigenvalue weighted by atomic mass is 16.3. The number of aryl methyl sites for hydroxylation is 1. The predicted molar refractivity (Wildman–Crippen MR) is 58.3 cm³/mol. The monoisotopic (exact) mass is 209 g/mol. The van der Waals surface area contributed by atoms with Crippen LogP contribution in [0.4, 0.5) is 0 Å². The van der Waals surface area contributed by atoms with Crippen molar-refractivity contribution in [3.63, 3.8) is 0 Å². The van der Waals surface area contributed by atoms with Crippen LogP contribution in [0.15, 0.2) is 12.4 Å². The van der Waals surface area contributed by atoms with Crippen molar-refractivity contribution < 1.29 is 5.11 Å². The molecule has 1 saturated heterocycles. The second kappa shape index (κ2) is 4.33. The van der Waals surface area contributed by atoms with Gasteiger partial charge in [-0.2, -0.15) is 0 Å². The van der Waals surface area contributed by atoms with Crippen LogP contribution < -0.4 is 0 Å². The van der Waals surface area contributed by atoms with Crippen molar-refractivity contribution >= 4 is 0 Å². The summed E-state index contributed by atoms with van der Waals surface area (Å²) in [6.07, 6.45) is 4.67. The molecule has 0 aromatic carbocycles. The summed E-state index contributed by atoms with van der Waals surface area (Å²) in [4.78, 5) is 6.56. The van der Waals surface area contributed by atoms with E-state index in [9.17, 15) is 5.11 Å². The molecule has 1 aliphatic heterocycles. The molecule has 1 aromatic rings. The first kappa shape index (κ1) is 10.6. The Bertz CT molecular complexity index is 323. The normalized spacial score (nSPS) is 28.2. The molecule has 0 spiro atoms. The molecule has 0 aliphatic carbocycles. The SMILES string of the molecule is CC1CCN(Cc2nccn2C)CC1O. The summed E-state index contributed by atoms with van der Waals surface area (Å²) < 4.78 is 2.03. The molecule has 1 N–H and O–H groups in total. The highest BCUT2D eigenvalue weighted by molar-refractivity contribution is 4.92. The quantitative estimate of drug-likeness (QED) is 0.776. The van der Waals surface area contributed by atoms with E-state index in [-0.39, 0.29) is 6.10 Å². The summed E-state index contributed by atoms with van der Waals surface area (Å²) >= 11 is 0. The van der Waals surface area contributed by atoms with E-state index in [0.29, 0.717) is 5.92 Å². The van der Waals surface area contributed by atoms with Gasteiger partial charge in [0, 0.05) is 26.0 Å². The molecule has 4 nitrogen and oxygen atoms in total. The molecule has 0 bridgehead atoms. The van der Waals surface area contributed by atoms with Gasteiger partial charge in [-0.25, -0.2) is 4.98 Å². The van der Waals surface area contributed by atoms with Crippen LogP contribution in [0.3, 0.4) is 0 Å². The Morgan fingerprint density at radius 3 is 3.00 bits per heavy atom. The van der Waals surface area contributed by atoms with Gasteiger partial charge >= 0.3 is 0 Å². The van der Waals surface area contributed by atoms with E-state index in [2.05, 4.69) is 16.8 Å². The van der Waals surface area contributed by atoms with E-state index in [1.54, 1.807) is 0 Å². The van der Waals surface area contributed by atoms with E-state index in [4.69, 9.17) is 0 Å². The van der Waals surface area contributed by atoms with E-state index in [1.807, 2.05) is 24.0 Å². The second-order valence-electron chi connectivity index (χ2n) is 4.52. The van der Waals surface area contributed by atoms with Crippen LogP contribution in [-0.4, -0.2) is 38.8 Å². The first-order valence-electron chi connectivity index (χ1n) is 5.53. The van der Waals surface area contributed by atoms with Crippen LogP contribution in [0.1, 0.15) is 19.2 Å². The van der Waals surface area contributed by atoms with Gasteiger partial charge in [-0.1, -0.05) is 6.92 Å². The summed E-state index contributed by atoms with van der Waals surface area (Å²) in [5, 5.41) is 9.78. The lowest BCUT2D eigenvalue weighted by Gasteiger charge is -2.33. The van der Waals surface area contributed by atoms with Crippen LogP contribution in [0.2, 0.25) is 0 Å². The third-order valence-electron chi connectivity index (χ3n) is 3.29. The third kappa shape index (κ3) is 2.38. The van der Waals surface area contributed by atoms with Gasteiger partial charge < -0.3 is 9.67 Å². The fraction of sp³-hybridized carbons (Fsp3) is 0.727. The first-order chi connectivity index (χ1) is 7.16. The van der Waals surface area contributed by atoms with Crippen molar-refractivity contribution in [3.05, 3.63) is 18.2 Å². The molecule has 4 heteroatoms. The topological polar surface area (TPSA) is 41.3 Å². The number of hydrogen-bond donors (Lipinski definition) is 1. The molecule has 2 heterocycles. The Labute approximate surface area is 90.5 Å². The number of likely N-dealkylation sites (tertiary alicyclic amines) is 1. The second-order valence-corrected chi connectivity index (χ2v) is 4.52. The lowest BCUT2D eigenvalue weighted by Crippen LogP contribution is -2.42. The molecule has 1 aromatic heterocycles. The molecule has 1 aliphatic rings. The molecule has 2 unspecified atom stereocenters. The lowest BCUT2D eigenvalue weighted by atomic mass is 9.96. The third-order valence-corrected chi connectivity index (χ3v) is 3.29. The molecule has 2 rings (SSSR count). The van der Waals surface area contributed by atoms with E-state index < -0.39 is 0 Å². The van der Waals surface area contributed by atoms with Gasteiger partial charge in [0.05, 0.1) is 12.6 Å². The van der Waals surface area contributed by atoms with Gasteiger partial charge in [0.15, 0.2) is 0 Å². The summed E-state index contributed by atoms with van der Waals surface area (Å²) in [6, 6.07) is 0. The van der Waals surface area contributed by atoms with Gasteiger partial charge in [-0.05, 0) is 18.9 Å². The maximum absolute atomic E-state index is 9.78. The van der Waals surface area contributed by atoms with Crippen molar-refractivity contribution in [2.24, 2.45) is 13.0 Å². The van der Waals surface area contributed by atoms with Crippen LogP contribution >= 0.6 is 0 Å². The molecule has 1 fully saturated rings. The Balaban J connectivity index is 1.94. The standard InChI is InChI=1S/C11H19N3O/c1-9-3-5-14(7-10(9)15)8-11-12-4-6-13(11)2/h4,6,9-10,15H,3,5,7-8H2,1-2H3. The first-order valence-corrected chi connectivity index (χ1v) is 5.53. The van der Waals surface area contributed by atoms with Gasteiger partial charge in [-0.3, -0.25) is 4.90 Å². The van der Waals surface area contributed by atoms with Gasteiger partial charge in [-0.15, -0.1) is 0 Å². The molecule has 0 radical (unpaired) electrons. The highest BCUT2D eigenvalue weighted by Crippen LogP contribution is 2.18. The molecule has 0 amide bonds. The zero-order chi connectivity index (χ0) is 10.8. The lowest BCUT2D eigenvalue weighted by molar-refractivity contribution is 0.0246. The average molecular weight is 209 g/mol. The molecular weight excluding hydrogens is 190 g/mol. The van der Waals surface area contributed by atoms with Crippen molar-refractivity contribution in [2.75, 3.05) is 13.1 Å². The van der Waals surface area contributed by atoms with Crippen LogP contribution in [0, 0.1) is 5.92 Å². The fourth-order valence-corrected chi connectivity index (χ4v) is 2.01. The zero-order valence-electron chi connectivity index (χ0n) is 9.43. The summed E-state index contributed by atoms with van der Waals surface area (Å²) in [5.74, 6) is 1.50. The minimum absolute atomic E-state index is 0.181. The Hall–Kier alpha value is -0.870. The van der Waals surface area contributed by atoms with Crippen LogP contribution in [0.5, 0.6) is 0 Å². The summed E-state index contributed by atoms with van der Waals surface area (Å²) in [5.41, 5.74) is 0. The van der Waals surface area contributed by atoms with E-state index in [1.165, 1.54) is 0 Å². The molecule has 84 valence electrons. The number of aliphatic hydroxyl groups is 1. The van der Waals surface area contributed by atoms with Crippen molar-refractivity contribution in [1.82, 2.24) is 14.5 Å². The van der Waals surface area contributed by atoms with Crippen molar-refractivity contribution in [3.8, 4) is 0 Å². The number of piperidine rings is 1. The number of β-amino-alcohol motifs (C(OH)–C–C–N with tert-alkyl or cyclic N) is 1. The fourth-order valence-electron chi connectivity index (χ4n) is 2.01. The molecular formula is C11H19N3O. The number of aliphatic hydroxyl groups excluding tert-OH is 1. The average Bonchev–Trinajstić information content (AvgIpc) is 2.59. The maximum Gasteiger partial charge on any atom is 0.122 e. The molecule has 2 atom stereocenters. The number of rotatable bonds is 2. The van der Waals surface area contributed by atoms with Gasteiger partial charge in [0.1, 0.15) is 5.82 Å². The number of aromatic nitrogens is 2. The minimum atomic E-state index is -0.181. The Morgan fingerprint density at radius 1 is 1.60 bits per heavy atom. The van der Waals surface area contributed by atoms with Crippen LogP contribution in [0.25, 0.3) is 0 Å². The molecule has 15 heavy (non-hydrogen) atoms. The highest BCUT2D eigenvalue weighted by Gasteiger charge is 2.24. The van der Waals surface area contributed by atoms with Crippen LogP contribution in [-0.2, 0) is 13.6 Å². The zero-order valence-corrected chi connectivity index (χ0v) is 9.43.